The number of aromatic nitrogens is 3. The van der Waals surface area contributed by atoms with Crippen LogP contribution in [-0.2, 0) is 9.53 Å². The van der Waals surface area contributed by atoms with Gasteiger partial charge in [0.05, 0.1) is 12.0 Å². The molecule has 2 fully saturated rings. The SMILES string of the molecule is CC(C)n1cnnc1C1CCN(C(=O)[C@H]2CCCO[C@@H]2C)CC1. The van der Waals surface area contributed by atoms with Gasteiger partial charge < -0.3 is 14.2 Å². The molecule has 6 nitrogen and oxygen atoms in total. The number of hydrogen-bond donors (Lipinski definition) is 0. The normalized spacial score (nSPS) is 26.7. The minimum Gasteiger partial charge on any atom is -0.378 e. The van der Waals surface area contributed by atoms with E-state index in [4.69, 9.17) is 4.74 Å². The fraction of sp³-hybridized carbons (Fsp3) is 0.824. The minimum atomic E-state index is 0.0413. The molecule has 0 bridgehead atoms. The Morgan fingerprint density at radius 3 is 2.70 bits per heavy atom. The lowest BCUT2D eigenvalue weighted by Crippen LogP contribution is -2.46. The molecule has 128 valence electrons. The Morgan fingerprint density at radius 2 is 2.04 bits per heavy atom. The lowest BCUT2D eigenvalue weighted by atomic mass is 9.91. The fourth-order valence-corrected chi connectivity index (χ4v) is 3.78. The van der Waals surface area contributed by atoms with E-state index < -0.39 is 0 Å². The van der Waals surface area contributed by atoms with Crippen molar-refractivity contribution in [3.05, 3.63) is 12.2 Å². The van der Waals surface area contributed by atoms with Gasteiger partial charge in [-0.3, -0.25) is 4.79 Å². The molecule has 1 aromatic heterocycles. The van der Waals surface area contributed by atoms with Gasteiger partial charge >= 0.3 is 0 Å². The molecule has 23 heavy (non-hydrogen) atoms. The van der Waals surface area contributed by atoms with Gasteiger partial charge in [-0.1, -0.05) is 0 Å². The van der Waals surface area contributed by atoms with Crippen LogP contribution in [0, 0.1) is 5.92 Å². The number of rotatable bonds is 3. The van der Waals surface area contributed by atoms with Gasteiger partial charge in [0, 0.05) is 31.7 Å². The van der Waals surface area contributed by atoms with Crippen LogP contribution in [0.4, 0.5) is 0 Å². The second-order valence-electron chi connectivity index (χ2n) is 7.11. The lowest BCUT2D eigenvalue weighted by Gasteiger charge is -2.37. The molecular weight excluding hydrogens is 292 g/mol. The van der Waals surface area contributed by atoms with Crippen LogP contribution in [0.25, 0.3) is 0 Å². The molecule has 0 aromatic carbocycles. The van der Waals surface area contributed by atoms with Gasteiger partial charge in [-0.05, 0) is 46.5 Å². The molecule has 1 amide bonds. The quantitative estimate of drug-likeness (QED) is 0.858. The molecule has 3 rings (SSSR count). The zero-order valence-electron chi connectivity index (χ0n) is 14.4. The molecule has 0 unspecified atom stereocenters. The Kier molecular flexibility index (Phi) is 4.99. The Balaban J connectivity index is 1.60. The summed E-state index contributed by atoms with van der Waals surface area (Å²) in [5.74, 6) is 1.80. The van der Waals surface area contributed by atoms with Crippen LogP contribution in [0.15, 0.2) is 6.33 Å². The van der Waals surface area contributed by atoms with Crippen LogP contribution in [0.3, 0.4) is 0 Å². The van der Waals surface area contributed by atoms with Crippen molar-refractivity contribution in [2.24, 2.45) is 5.92 Å². The predicted molar refractivity (Wildman–Crippen MR) is 87.1 cm³/mol. The van der Waals surface area contributed by atoms with E-state index >= 15 is 0 Å². The smallest absolute Gasteiger partial charge is 0.228 e. The molecule has 0 spiro atoms. The average molecular weight is 320 g/mol. The third-order valence-electron chi connectivity index (χ3n) is 5.25. The molecule has 2 saturated heterocycles. The van der Waals surface area contributed by atoms with Crippen molar-refractivity contribution in [2.45, 2.75) is 64.5 Å². The van der Waals surface area contributed by atoms with Crippen molar-refractivity contribution in [1.82, 2.24) is 19.7 Å². The molecule has 3 heterocycles. The van der Waals surface area contributed by atoms with Crippen LogP contribution in [0.1, 0.15) is 64.2 Å². The van der Waals surface area contributed by atoms with Gasteiger partial charge in [0.1, 0.15) is 12.2 Å². The third-order valence-corrected chi connectivity index (χ3v) is 5.25. The molecule has 2 atom stereocenters. The maximum absolute atomic E-state index is 12.7. The van der Waals surface area contributed by atoms with Crippen molar-refractivity contribution >= 4 is 5.91 Å². The van der Waals surface area contributed by atoms with E-state index in [1.54, 1.807) is 0 Å². The zero-order chi connectivity index (χ0) is 16.4. The third kappa shape index (κ3) is 3.42. The second-order valence-corrected chi connectivity index (χ2v) is 7.11. The highest BCUT2D eigenvalue weighted by Gasteiger charge is 2.34. The number of carbonyl (C=O) groups is 1. The number of likely N-dealkylation sites (tertiary alicyclic amines) is 1. The summed E-state index contributed by atoms with van der Waals surface area (Å²) in [5, 5.41) is 8.39. The van der Waals surface area contributed by atoms with Crippen LogP contribution in [0.2, 0.25) is 0 Å². The summed E-state index contributed by atoms with van der Waals surface area (Å²) < 4.78 is 7.81. The topological polar surface area (TPSA) is 60.2 Å². The van der Waals surface area contributed by atoms with Gasteiger partial charge in [0.2, 0.25) is 5.91 Å². The molecule has 2 aliphatic rings. The summed E-state index contributed by atoms with van der Waals surface area (Å²) in [7, 11) is 0. The first-order valence-electron chi connectivity index (χ1n) is 8.87. The van der Waals surface area contributed by atoms with E-state index in [-0.39, 0.29) is 17.9 Å². The van der Waals surface area contributed by atoms with Gasteiger partial charge in [0.25, 0.3) is 0 Å². The lowest BCUT2D eigenvalue weighted by molar-refractivity contribution is -0.145. The van der Waals surface area contributed by atoms with Crippen molar-refractivity contribution in [2.75, 3.05) is 19.7 Å². The Bertz CT molecular complexity index is 534. The zero-order valence-corrected chi connectivity index (χ0v) is 14.4. The van der Waals surface area contributed by atoms with Crippen molar-refractivity contribution in [1.29, 1.82) is 0 Å². The number of carbonyl (C=O) groups excluding carboxylic acids is 1. The van der Waals surface area contributed by atoms with Crippen LogP contribution >= 0.6 is 0 Å². The Labute approximate surface area is 138 Å². The van der Waals surface area contributed by atoms with Crippen molar-refractivity contribution < 1.29 is 9.53 Å². The molecule has 2 aliphatic heterocycles. The van der Waals surface area contributed by atoms with Crippen LogP contribution < -0.4 is 0 Å². The van der Waals surface area contributed by atoms with Gasteiger partial charge in [-0.2, -0.15) is 0 Å². The summed E-state index contributed by atoms with van der Waals surface area (Å²) in [5.41, 5.74) is 0. The van der Waals surface area contributed by atoms with Gasteiger partial charge in [0.15, 0.2) is 0 Å². The van der Waals surface area contributed by atoms with Crippen LogP contribution in [-0.4, -0.2) is 51.4 Å². The summed E-state index contributed by atoms with van der Waals surface area (Å²) in [6.45, 7) is 8.75. The summed E-state index contributed by atoms with van der Waals surface area (Å²) in [6.07, 6.45) is 5.77. The number of piperidine rings is 1. The average Bonchev–Trinajstić information content (AvgIpc) is 3.05. The number of nitrogens with zero attached hydrogens (tertiary/aromatic N) is 4. The fourth-order valence-electron chi connectivity index (χ4n) is 3.78. The van der Waals surface area contributed by atoms with Crippen LogP contribution in [0.5, 0.6) is 0 Å². The van der Waals surface area contributed by atoms with E-state index in [0.29, 0.717) is 12.0 Å². The van der Waals surface area contributed by atoms with Gasteiger partial charge in [-0.25, -0.2) is 0 Å². The minimum absolute atomic E-state index is 0.0413. The molecule has 0 N–H and O–H groups in total. The number of amides is 1. The first-order valence-corrected chi connectivity index (χ1v) is 8.87. The second kappa shape index (κ2) is 6.99. The van der Waals surface area contributed by atoms with E-state index in [2.05, 4.69) is 28.6 Å². The monoisotopic (exact) mass is 320 g/mol. The Morgan fingerprint density at radius 1 is 1.30 bits per heavy atom. The molecular formula is C17H28N4O2. The highest BCUT2D eigenvalue weighted by atomic mass is 16.5. The van der Waals surface area contributed by atoms with Crippen molar-refractivity contribution in [3.8, 4) is 0 Å². The standard InChI is InChI=1S/C17H28N4O2/c1-12(2)21-11-18-19-16(21)14-6-8-20(9-7-14)17(22)15-5-4-10-23-13(15)3/h11-15H,4-10H2,1-3H3/t13-,15+/m1/s1. The maximum Gasteiger partial charge on any atom is 0.228 e. The molecule has 0 saturated carbocycles. The van der Waals surface area contributed by atoms with E-state index in [0.717, 1.165) is 51.2 Å². The number of ether oxygens (including phenoxy) is 1. The first kappa shape index (κ1) is 16.4. The molecule has 1 aromatic rings. The summed E-state index contributed by atoms with van der Waals surface area (Å²) in [6, 6.07) is 0.375. The Hall–Kier alpha value is -1.43. The number of hydrogen-bond acceptors (Lipinski definition) is 4. The predicted octanol–water partition coefficient (Wildman–Crippen LogP) is 2.38. The van der Waals surface area contributed by atoms with E-state index in [9.17, 15) is 4.79 Å². The molecule has 6 heteroatoms. The molecule has 0 radical (unpaired) electrons. The maximum atomic E-state index is 12.7. The van der Waals surface area contributed by atoms with Crippen molar-refractivity contribution in [3.63, 3.8) is 0 Å². The summed E-state index contributed by atoms with van der Waals surface area (Å²) >= 11 is 0. The first-order chi connectivity index (χ1) is 11.1. The summed E-state index contributed by atoms with van der Waals surface area (Å²) in [4.78, 5) is 14.8. The highest BCUT2D eigenvalue weighted by molar-refractivity contribution is 5.79. The largest absolute Gasteiger partial charge is 0.378 e. The van der Waals surface area contributed by atoms with E-state index in [1.165, 1.54) is 0 Å². The van der Waals surface area contributed by atoms with Gasteiger partial charge in [-0.15, -0.1) is 10.2 Å². The molecule has 0 aliphatic carbocycles. The van der Waals surface area contributed by atoms with E-state index in [1.807, 2.05) is 18.2 Å². The highest BCUT2D eigenvalue weighted by Crippen LogP contribution is 2.30.